The van der Waals surface area contributed by atoms with Crippen LogP contribution in [0.4, 0.5) is 4.39 Å². The number of nitrogens with zero attached hydrogens (tertiary/aromatic N) is 3. The maximum atomic E-state index is 13.4. The summed E-state index contributed by atoms with van der Waals surface area (Å²) in [5, 5.41) is 0.983. The van der Waals surface area contributed by atoms with Gasteiger partial charge in [-0.1, -0.05) is 6.92 Å². The Bertz CT molecular complexity index is 750. The number of rotatable bonds is 4. The highest BCUT2D eigenvalue weighted by atomic mass is 35.5. The number of alkyl halides is 1. The first-order valence-corrected chi connectivity index (χ1v) is 7.70. The zero-order chi connectivity index (χ0) is 14.1. The van der Waals surface area contributed by atoms with Crippen molar-refractivity contribution >= 4 is 34.0 Å². The second-order valence-corrected chi connectivity index (χ2v) is 5.92. The van der Waals surface area contributed by atoms with Gasteiger partial charge in [-0.2, -0.15) is 0 Å². The number of aromatic nitrogens is 3. The van der Waals surface area contributed by atoms with Crippen molar-refractivity contribution in [3.8, 4) is 0 Å². The summed E-state index contributed by atoms with van der Waals surface area (Å²) < 4.78 is 15.4. The first-order chi connectivity index (χ1) is 9.71. The van der Waals surface area contributed by atoms with Crippen LogP contribution in [0.25, 0.3) is 11.0 Å². The number of benzene rings is 1. The van der Waals surface area contributed by atoms with E-state index in [-0.39, 0.29) is 5.82 Å². The molecule has 3 rings (SSSR count). The molecule has 6 heteroatoms. The lowest BCUT2D eigenvalue weighted by Crippen LogP contribution is -2.03. The predicted octanol–water partition coefficient (Wildman–Crippen LogP) is 3.98. The Morgan fingerprint density at radius 2 is 2.25 bits per heavy atom. The van der Waals surface area contributed by atoms with Crippen molar-refractivity contribution in [3.63, 3.8) is 0 Å². The third-order valence-electron chi connectivity index (χ3n) is 3.15. The summed E-state index contributed by atoms with van der Waals surface area (Å²) in [6, 6.07) is 4.58. The van der Waals surface area contributed by atoms with E-state index in [2.05, 4.69) is 16.9 Å². The molecule has 0 unspecified atom stereocenters. The van der Waals surface area contributed by atoms with Gasteiger partial charge in [0.05, 0.1) is 23.5 Å². The van der Waals surface area contributed by atoms with Crippen LogP contribution in [-0.4, -0.2) is 14.5 Å². The highest BCUT2D eigenvalue weighted by Gasteiger charge is 2.12. The minimum Gasteiger partial charge on any atom is -0.320 e. The molecular formula is C14H13ClFN3S. The van der Waals surface area contributed by atoms with Gasteiger partial charge < -0.3 is 4.57 Å². The molecule has 0 aliphatic heterocycles. The van der Waals surface area contributed by atoms with Gasteiger partial charge in [0.1, 0.15) is 16.6 Å². The maximum absolute atomic E-state index is 13.4. The lowest BCUT2D eigenvalue weighted by Gasteiger charge is -2.05. The van der Waals surface area contributed by atoms with Crippen molar-refractivity contribution in [1.29, 1.82) is 0 Å². The number of imidazole rings is 1. The van der Waals surface area contributed by atoms with Gasteiger partial charge >= 0.3 is 0 Å². The van der Waals surface area contributed by atoms with Crippen molar-refractivity contribution in [3.05, 3.63) is 45.9 Å². The molecule has 0 aliphatic rings. The zero-order valence-electron chi connectivity index (χ0n) is 10.9. The highest BCUT2D eigenvalue weighted by molar-refractivity contribution is 7.11. The Balaban J connectivity index is 2.06. The molecule has 3 nitrogen and oxygen atoms in total. The van der Waals surface area contributed by atoms with Gasteiger partial charge in [0.25, 0.3) is 0 Å². The molecule has 0 N–H and O–H groups in total. The molecule has 0 fully saturated rings. The van der Waals surface area contributed by atoms with Crippen molar-refractivity contribution in [2.45, 2.75) is 25.8 Å². The van der Waals surface area contributed by atoms with Crippen molar-refractivity contribution in [1.82, 2.24) is 14.5 Å². The van der Waals surface area contributed by atoms with Crippen LogP contribution in [0.5, 0.6) is 0 Å². The van der Waals surface area contributed by atoms with E-state index in [0.717, 1.165) is 28.3 Å². The molecule has 2 heterocycles. The molecule has 0 bridgehead atoms. The molecule has 0 saturated carbocycles. The predicted molar refractivity (Wildman–Crippen MR) is 79.8 cm³/mol. The number of aryl methyl sites for hydroxylation is 1. The molecule has 1 aromatic carbocycles. The Kier molecular flexibility index (Phi) is 3.72. The van der Waals surface area contributed by atoms with Crippen LogP contribution >= 0.6 is 22.9 Å². The van der Waals surface area contributed by atoms with Gasteiger partial charge in [-0.05, 0) is 24.6 Å². The Morgan fingerprint density at radius 1 is 1.40 bits per heavy atom. The maximum Gasteiger partial charge on any atom is 0.125 e. The van der Waals surface area contributed by atoms with Crippen LogP contribution in [-0.2, 0) is 18.8 Å². The van der Waals surface area contributed by atoms with Crippen molar-refractivity contribution < 1.29 is 4.39 Å². The van der Waals surface area contributed by atoms with E-state index in [0.29, 0.717) is 12.4 Å². The number of halogens is 2. The summed E-state index contributed by atoms with van der Waals surface area (Å²) in [7, 11) is 0. The SMILES string of the molecule is CCc1cnc(Cn2c(CCl)nc3ccc(F)cc32)s1. The summed E-state index contributed by atoms with van der Waals surface area (Å²) in [5.41, 5.74) is 1.52. The quantitative estimate of drug-likeness (QED) is 0.682. The molecule has 0 radical (unpaired) electrons. The Morgan fingerprint density at radius 3 is 2.95 bits per heavy atom. The van der Waals surface area contributed by atoms with Crippen LogP contribution in [0.15, 0.2) is 24.4 Å². The largest absolute Gasteiger partial charge is 0.320 e. The molecule has 0 aliphatic carbocycles. The van der Waals surface area contributed by atoms with Crippen LogP contribution in [0.3, 0.4) is 0 Å². The number of thiazole rings is 1. The van der Waals surface area contributed by atoms with Gasteiger partial charge in [0.2, 0.25) is 0 Å². The van der Waals surface area contributed by atoms with E-state index < -0.39 is 0 Å². The summed E-state index contributed by atoms with van der Waals surface area (Å²) in [5.74, 6) is 0.760. The average molecular weight is 310 g/mol. The standard InChI is InChI=1S/C14H13ClFN3S/c1-2-10-7-17-14(20-10)8-19-12-5-9(16)3-4-11(12)18-13(19)6-15/h3-5,7H,2,6,8H2,1H3. The monoisotopic (exact) mass is 309 g/mol. The average Bonchev–Trinajstić information content (AvgIpc) is 3.04. The van der Waals surface area contributed by atoms with Crippen LogP contribution in [0.1, 0.15) is 22.6 Å². The summed E-state index contributed by atoms with van der Waals surface area (Å²) in [6.07, 6.45) is 2.86. The first kappa shape index (κ1) is 13.5. The molecule has 0 saturated heterocycles. The summed E-state index contributed by atoms with van der Waals surface area (Å²) >= 11 is 7.61. The third-order valence-corrected chi connectivity index (χ3v) is 4.52. The lowest BCUT2D eigenvalue weighted by molar-refractivity contribution is 0.628. The molecule has 2 aromatic heterocycles. The van der Waals surface area contributed by atoms with Gasteiger partial charge in [-0.3, -0.25) is 0 Å². The van der Waals surface area contributed by atoms with Gasteiger partial charge in [0.15, 0.2) is 0 Å². The van der Waals surface area contributed by atoms with Gasteiger partial charge in [0, 0.05) is 11.1 Å². The van der Waals surface area contributed by atoms with Gasteiger partial charge in [-0.25, -0.2) is 14.4 Å². The molecule has 0 spiro atoms. The minimum atomic E-state index is -0.270. The number of hydrogen-bond donors (Lipinski definition) is 0. The smallest absolute Gasteiger partial charge is 0.125 e. The van der Waals surface area contributed by atoms with E-state index in [9.17, 15) is 4.39 Å². The van der Waals surface area contributed by atoms with Crippen LogP contribution in [0, 0.1) is 5.82 Å². The molecule has 104 valence electrons. The van der Waals surface area contributed by atoms with E-state index in [1.807, 2.05) is 10.8 Å². The highest BCUT2D eigenvalue weighted by Crippen LogP contribution is 2.22. The van der Waals surface area contributed by atoms with Crippen molar-refractivity contribution in [2.75, 3.05) is 0 Å². The summed E-state index contributed by atoms with van der Waals surface area (Å²) in [6.45, 7) is 2.68. The van der Waals surface area contributed by atoms with E-state index >= 15 is 0 Å². The Labute approximate surface area is 125 Å². The van der Waals surface area contributed by atoms with Gasteiger partial charge in [-0.15, -0.1) is 22.9 Å². The van der Waals surface area contributed by atoms with E-state index in [1.165, 1.54) is 17.0 Å². The molecule has 20 heavy (non-hydrogen) atoms. The lowest BCUT2D eigenvalue weighted by atomic mass is 10.3. The van der Waals surface area contributed by atoms with Crippen molar-refractivity contribution in [2.24, 2.45) is 0 Å². The normalized spacial score (nSPS) is 11.3. The minimum absolute atomic E-state index is 0.270. The fraction of sp³-hybridized carbons (Fsp3) is 0.286. The number of fused-ring (bicyclic) bond motifs is 1. The van der Waals surface area contributed by atoms with E-state index in [4.69, 9.17) is 11.6 Å². The third kappa shape index (κ3) is 2.43. The fourth-order valence-corrected chi connectivity index (χ4v) is 3.20. The van der Waals surface area contributed by atoms with Crippen LogP contribution < -0.4 is 0 Å². The number of hydrogen-bond acceptors (Lipinski definition) is 3. The fourth-order valence-electron chi connectivity index (χ4n) is 2.14. The topological polar surface area (TPSA) is 30.7 Å². The molecule has 3 aromatic rings. The first-order valence-electron chi connectivity index (χ1n) is 6.35. The zero-order valence-corrected chi connectivity index (χ0v) is 12.5. The summed E-state index contributed by atoms with van der Waals surface area (Å²) in [4.78, 5) is 10.1. The second-order valence-electron chi connectivity index (χ2n) is 4.45. The van der Waals surface area contributed by atoms with E-state index in [1.54, 1.807) is 17.4 Å². The second kappa shape index (κ2) is 5.50. The molecular weight excluding hydrogens is 297 g/mol. The molecule has 0 atom stereocenters. The molecule has 0 amide bonds. The Hall–Kier alpha value is -1.46. The van der Waals surface area contributed by atoms with Crippen LogP contribution in [0.2, 0.25) is 0 Å².